The third-order valence-electron chi connectivity index (χ3n) is 3.94. The Balaban J connectivity index is 1.93. The first-order chi connectivity index (χ1) is 8.22. The second-order valence-corrected chi connectivity index (χ2v) is 5.75. The summed E-state index contributed by atoms with van der Waals surface area (Å²) in [5.41, 5.74) is 0. The van der Waals surface area contributed by atoms with Crippen LogP contribution in [0.3, 0.4) is 0 Å². The standard InChI is InChI=1S/C14H23ClO2/c1-3-6-11-10(2)12(15)9-13(11)17-14-7-4-5-8-16-14/h3,6,10-14H,4-5,7-9H2,1-2H3/b6-3+/t10-,11?,12?,13-,14?/m1/s1. The number of hydrogen-bond donors (Lipinski definition) is 0. The highest BCUT2D eigenvalue weighted by Crippen LogP contribution is 2.39. The first-order valence-electron chi connectivity index (χ1n) is 6.76. The van der Waals surface area contributed by atoms with Crippen LogP contribution in [0.4, 0.5) is 0 Å². The topological polar surface area (TPSA) is 18.5 Å². The van der Waals surface area contributed by atoms with E-state index in [-0.39, 0.29) is 17.8 Å². The average Bonchev–Trinajstić information content (AvgIpc) is 2.59. The van der Waals surface area contributed by atoms with Crippen molar-refractivity contribution >= 4 is 11.6 Å². The van der Waals surface area contributed by atoms with Crippen molar-refractivity contribution in [1.82, 2.24) is 0 Å². The van der Waals surface area contributed by atoms with Gasteiger partial charge in [0.2, 0.25) is 0 Å². The van der Waals surface area contributed by atoms with Gasteiger partial charge in [0, 0.05) is 17.9 Å². The van der Waals surface area contributed by atoms with Gasteiger partial charge < -0.3 is 9.47 Å². The Labute approximate surface area is 109 Å². The maximum absolute atomic E-state index is 6.35. The Kier molecular flexibility index (Phi) is 4.89. The molecule has 1 aliphatic heterocycles. The zero-order chi connectivity index (χ0) is 12.3. The van der Waals surface area contributed by atoms with Gasteiger partial charge in [0.05, 0.1) is 6.10 Å². The highest BCUT2D eigenvalue weighted by atomic mass is 35.5. The molecule has 1 aliphatic carbocycles. The molecule has 2 fully saturated rings. The lowest BCUT2D eigenvalue weighted by molar-refractivity contribution is -0.192. The van der Waals surface area contributed by atoms with Crippen LogP contribution in [0.2, 0.25) is 0 Å². The number of halogens is 1. The fraction of sp³-hybridized carbons (Fsp3) is 0.857. The molecule has 2 nitrogen and oxygen atoms in total. The first kappa shape index (κ1) is 13.4. The fourth-order valence-electron chi connectivity index (χ4n) is 2.85. The van der Waals surface area contributed by atoms with E-state index in [0.29, 0.717) is 11.8 Å². The Hall–Kier alpha value is -0.0500. The molecule has 17 heavy (non-hydrogen) atoms. The molecule has 0 aromatic heterocycles. The van der Waals surface area contributed by atoms with Crippen molar-refractivity contribution in [2.24, 2.45) is 11.8 Å². The molecule has 0 spiro atoms. The van der Waals surface area contributed by atoms with E-state index < -0.39 is 0 Å². The van der Waals surface area contributed by atoms with Crippen LogP contribution in [0.25, 0.3) is 0 Å². The molecule has 2 rings (SSSR count). The van der Waals surface area contributed by atoms with E-state index >= 15 is 0 Å². The zero-order valence-corrected chi connectivity index (χ0v) is 11.5. The fourth-order valence-corrected chi connectivity index (χ4v) is 3.20. The maximum Gasteiger partial charge on any atom is 0.157 e. The molecule has 2 aliphatic rings. The Morgan fingerprint density at radius 3 is 2.82 bits per heavy atom. The van der Waals surface area contributed by atoms with Gasteiger partial charge in [0.15, 0.2) is 6.29 Å². The second-order valence-electron chi connectivity index (χ2n) is 5.18. The molecule has 1 saturated carbocycles. The Morgan fingerprint density at radius 2 is 2.18 bits per heavy atom. The van der Waals surface area contributed by atoms with Gasteiger partial charge in [0.1, 0.15) is 0 Å². The van der Waals surface area contributed by atoms with Crippen LogP contribution in [0.15, 0.2) is 12.2 Å². The van der Waals surface area contributed by atoms with Gasteiger partial charge >= 0.3 is 0 Å². The molecule has 0 aromatic rings. The second kappa shape index (κ2) is 6.21. The lowest BCUT2D eigenvalue weighted by Crippen LogP contribution is -2.30. The number of hydrogen-bond acceptors (Lipinski definition) is 2. The highest BCUT2D eigenvalue weighted by molar-refractivity contribution is 6.21. The van der Waals surface area contributed by atoms with E-state index in [1.807, 2.05) is 0 Å². The largest absolute Gasteiger partial charge is 0.353 e. The summed E-state index contributed by atoms with van der Waals surface area (Å²) < 4.78 is 11.7. The molecule has 3 unspecified atom stereocenters. The van der Waals surface area contributed by atoms with Gasteiger partial charge in [-0.25, -0.2) is 0 Å². The van der Waals surface area contributed by atoms with Crippen molar-refractivity contribution in [3.63, 3.8) is 0 Å². The van der Waals surface area contributed by atoms with Gasteiger partial charge in [0.25, 0.3) is 0 Å². The summed E-state index contributed by atoms with van der Waals surface area (Å²) in [5.74, 6) is 0.925. The van der Waals surface area contributed by atoms with Crippen molar-refractivity contribution in [3.05, 3.63) is 12.2 Å². The van der Waals surface area contributed by atoms with Gasteiger partial charge in [-0.15, -0.1) is 11.6 Å². The van der Waals surface area contributed by atoms with Crippen molar-refractivity contribution in [2.75, 3.05) is 6.61 Å². The molecule has 0 bridgehead atoms. The summed E-state index contributed by atoms with van der Waals surface area (Å²) in [4.78, 5) is 0. The summed E-state index contributed by atoms with van der Waals surface area (Å²) in [6.45, 7) is 5.11. The van der Waals surface area contributed by atoms with Gasteiger partial charge in [-0.1, -0.05) is 19.1 Å². The molecule has 98 valence electrons. The predicted octanol–water partition coefficient (Wildman–Crippen LogP) is 3.74. The molecule has 0 amide bonds. The molecule has 0 N–H and O–H groups in total. The van der Waals surface area contributed by atoms with Gasteiger partial charge in [-0.05, 0) is 38.5 Å². The first-order valence-corrected chi connectivity index (χ1v) is 7.20. The molecule has 0 radical (unpaired) electrons. The minimum absolute atomic E-state index is 0.00401. The molecular formula is C14H23ClO2. The normalized spacial score (nSPS) is 43.4. The van der Waals surface area contributed by atoms with E-state index in [4.69, 9.17) is 21.1 Å². The summed E-state index contributed by atoms with van der Waals surface area (Å²) in [6.07, 6.45) is 8.91. The van der Waals surface area contributed by atoms with Crippen LogP contribution in [0.5, 0.6) is 0 Å². The van der Waals surface area contributed by atoms with Crippen molar-refractivity contribution in [3.8, 4) is 0 Å². The van der Waals surface area contributed by atoms with E-state index in [0.717, 1.165) is 25.9 Å². The van der Waals surface area contributed by atoms with Gasteiger partial charge in [-0.3, -0.25) is 0 Å². The van der Waals surface area contributed by atoms with Crippen LogP contribution in [-0.2, 0) is 9.47 Å². The van der Waals surface area contributed by atoms with Crippen LogP contribution in [-0.4, -0.2) is 24.4 Å². The lowest BCUT2D eigenvalue weighted by Gasteiger charge is -2.28. The van der Waals surface area contributed by atoms with Gasteiger partial charge in [-0.2, -0.15) is 0 Å². The quantitative estimate of drug-likeness (QED) is 0.567. The van der Waals surface area contributed by atoms with E-state index in [9.17, 15) is 0 Å². The van der Waals surface area contributed by atoms with Crippen LogP contribution in [0.1, 0.15) is 39.5 Å². The van der Waals surface area contributed by atoms with Crippen molar-refractivity contribution in [2.45, 2.75) is 57.3 Å². The molecule has 0 aromatic carbocycles. The number of alkyl halides is 1. The average molecular weight is 259 g/mol. The van der Waals surface area contributed by atoms with E-state index in [1.165, 1.54) is 6.42 Å². The minimum Gasteiger partial charge on any atom is -0.353 e. The minimum atomic E-state index is -0.00401. The SMILES string of the molecule is C/C=C/C1[C@@H](C)C(Cl)C[C@H]1OC1CCCCO1. The molecule has 1 heterocycles. The number of allylic oxidation sites excluding steroid dienone is 1. The third kappa shape index (κ3) is 3.24. The lowest BCUT2D eigenvalue weighted by atomic mass is 9.96. The Bertz CT molecular complexity index is 261. The smallest absolute Gasteiger partial charge is 0.157 e. The zero-order valence-electron chi connectivity index (χ0n) is 10.8. The summed E-state index contributed by atoms with van der Waals surface area (Å²) in [7, 11) is 0. The van der Waals surface area contributed by atoms with Crippen molar-refractivity contribution < 1.29 is 9.47 Å². The summed E-state index contributed by atoms with van der Waals surface area (Å²) in [6, 6.07) is 0. The van der Waals surface area contributed by atoms with Crippen LogP contribution >= 0.6 is 11.6 Å². The number of rotatable bonds is 3. The van der Waals surface area contributed by atoms with Crippen LogP contribution in [0, 0.1) is 11.8 Å². The van der Waals surface area contributed by atoms with E-state index in [2.05, 4.69) is 26.0 Å². The Morgan fingerprint density at radius 1 is 1.35 bits per heavy atom. The molecule has 5 atom stereocenters. The van der Waals surface area contributed by atoms with Crippen LogP contribution < -0.4 is 0 Å². The molecule has 3 heteroatoms. The maximum atomic E-state index is 6.35. The monoisotopic (exact) mass is 258 g/mol. The highest BCUT2D eigenvalue weighted by Gasteiger charge is 2.40. The number of ether oxygens (including phenoxy) is 2. The van der Waals surface area contributed by atoms with E-state index in [1.54, 1.807) is 0 Å². The molecule has 1 saturated heterocycles. The predicted molar refractivity (Wildman–Crippen MR) is 70.2 cm³/mol. The van der Waals surface area contributed by atoms with Crippen molar-refractivity contribution in [1.29, 1.82) is 0 Å². The summed E-state index contributed by atoms with van der Waals surface area (Å²) >= 11 is 6.35. The molecular weight excluding hydrogens is 236 g/mol. The summed E-state index contributed by atoms with van der Waals surface area (Å²) in [5, 5.41) is 0.227. The third-order valence-corrected chi connectivity index (χ3v) is 4.52.